The SMILES string of the molecule is CC1(C)OCCC12CCC(CN=[N+]=[N-])O2. The van der Waals surface area contributed by atoms with Crippen molar-refractivity contribution in [3.8, 4) is 0 Å². The molecule has 2 rings (SSSR count). The molecule has 0 aromatic carbocycles. The fraction of sp³-hybridized carbons (Fsp3) is 1.00. The molecule has 5 heteroatoms. The van der Waals surface area contributed by atoms with Crippen molar-refractivity contribution in [2.75, 3.05) is 13.2 Å². The molecule has 1 spiro atoms. The molecule has 0 amide bonds. The van der Waals surface area contributed by atoms with E-state index in [9.17, 15) is 0 Å². The van der Waals surface area contributed by atoms with Crippen molar-refractivity contribution in [3.05, 3.63) is 10.4 Å². The fourth-order valence-corrected chi connectivity index (χ4v) is 2.62. The maximum Gasteiger partial charge on any atom is 0.0991 e. The molecule has 0 bridgehead atoms. The summed E-state index contributed by atoms with van der Waals surface area (Å²) in [6, 6.07) is 0. The van der Waals surface area contributed by atoms with Crippen LogP contribution in [0.5, 0.6) is 0 Å². The Kier molecular flexibility index (Phi) is 2.63. The van der Waals surface area contributed by atoms with Crippen LogP contribution in [0, 0.1) is 0 Å². The second-order valence-electron chi connectivity index (χ2n) is 4.80. The monoisotopic (exact) mass is 211 g/mol. The van der Waals surface area contributed by atoms with Crippen molar-refractivity contribution >= 4 is 0 Å². The second kappa shape index (κ2) is 3.67. The van der Waals surface area contributed by atoms with Gasteiger partial charge < -0.3 is 9.47 Å². The number of hydrogen-bond acceptors (Lipinski definition) is 3. The fourth-order valence-electron chi connectivity index (χ4n) is 2.62. The highest BCUT2D eigenvalue weighted by Crippen LogP contribution is 2.47. The first-order valence-electron chi connectivity index (χ1n) is 5.42. The van der Waals surface area contributed by atoms with Gasteiger partial charge in [-0.3, -0.25) is 0 Å². The minimum atomic E-state index is -0.210. The maximum atomic E-state index is 8.26. The Morgan fingerprint density at radius 1 is 1.47 bits per heavy atom. The molecule has 5 nitrogen and oxygen atoms in total. The van der Waals surface area contributed by atoms with Crippen molar-refractivity contribution in [2.45, 2.75) is 50.4 Å². The minimum Gasteiger partial charge on any atom is -0.372 e. The van der Waals surface area contributed by atoms with Gasteiger partial charge in [-0.2, -0.15) is 0 Å². The molecule has 0 saturated carbocycles. The van der Waals surface area contributed by atoms with Gasteiger partial charge in [0.1, 0.15) is 0 Å². The van der Waals surface area contributed by atoms with Crippen molar-refractivity contribution in [1.82, 2.24) is 0 Å². The first-order chi connectivity index (χ1) is 7.10. The molecule has 2 unspecified atom stereocenters. The first-order valence-corrected chi connectivity index (χ1v) is 5.42. The van der Waals surface area contributed by atoms with Gasteiger partial charge >= 0.3 is 0 Å². The number of rotatable bonds is 2. The maximum absolute atomic E-state index is 8.26. The molecule has 2 aliphatic heterocycles. The van der Waals surface area contributed by atoms with E-state index in [1.807, 2.05) is 0 Å². The van der Waals surface area contributed by atoms with Gasteiger partial charge in [0.15, 0.2) is 0 Å². The average Bonchev–Trinajstić information content (AvgIpc) is 2.71. The smallest absolute Gasteiger partial charge is 0.0991 e. The van der Waals surface area contributed by atoms with Crippen LogP contribution in [-0.2, 0) is 9.47 Å². The Hall–Kier alpha value is -0.770. The molecular weight excluding hydrogens is 194 g/mol. The van der Waals surface area contributed by atoms with E-state index in [2.05, 4.69) is 23.9 Å². The minimum absolute atomic E-state index is 0.0712. The van der Waals surface area contributed by atoms with E-state index < -0.39 is 0 Å². The standard InChI is InChI=1S/C10H17N3O2/c1-9(2)10(5-6-14-9)4-3-8(15-10)7-12-13-11/h8H,3-7H2,1-2H3. The lowest BCUT2D eigenvalue weighted by atomic mass is 9.83. The summed E-state index contributed by atoms with van der Waals surface area (Å²) >= 11 is 0. The van der Waals surface area contributed by atoms with Gasteiger partial charge in [-0.1, -0.05) is 5.11 Å². The molecule has 0 aliphatic carbocycles. The van der Waals surface area contributed by atoms with Crippen LogP contribution < -0.4 is 0 Å². The predicted molar refractivity (Wildman–Crippen MR) is 55.5 cm³/mol. The molecule has 2 atom stereocenters. The van der Waals surface area contributed by atoms with Crippen molar-refractivity contribution < 1.29 is 9.47 Å². The molecule has 2 fully saturated rings. The average molecular weight is 211 g/mol. The van der Waals surface area contributed by atoms with E-state index in [0.29, 0.717) is 6.54 Å². The third kappa shape index (κ3) is 1.71. The normalized spacial score (nSPS) is 38.1. The number of ether oxygens (including phenoxy) is 2. The summed E-state index contributed by atoms with van der Waals surface area (Å²) in [7, 11) is 0. The summed E-state index contributed by atoms with van der Waals surface area (Å²) in [4.78, 5) is 2.76. The molecule has 84 valence electrons. The highest BCUT2D eigenvalue weighted by atomic mass is 16.6. The topological polar surface area (TPSA) is 67.2 Å². The van der Waals surface area contributed by atoms with Crippen LogP contribution in [0.4, 0.5) is 0 Å². The van der Waals surface area contributed by atoms with E-state index in [1.54, 1.807) is 0 Å². The number of nitrogens with zero attached hydrogens (tertiary/aromatic N) is 3. The lowest BCUT2D eigenvalue weighted by molar-refractivity contribution is -0.127. The van der Waals surface area contributed by atoms with E-state index >= 15 is 0 Å². The van der Waals surface area contributed by atoms with Gasteiger partial charge in [-0.25, -0.2) is 0 Å². The summed E-state index contributed by atoms with van der Waals surface area (Å²) < 4.78 is 11.7. The van der Waals surface area contributed by atoms with Crippen molar-refractivity contribution in [1.29, 1.82) is 0 Å². The van der Waals surface area contributed by atoms with Gasteiger partial charge in [0, 0.05) is 11.3 Å². The predicted octanol–water partition coefficient (Wildman–Crippen LogP) is 2.41. The van der Waals surface area contributed by atoms with Gasteiger partial charge in [0.05, 0.1) is 30.5 Å². The van der Waals surface area contributed by atoms with Crippen LogP contribution >= 0.6 is 0 Å². The summed E-state index contributed by atoms with van der Waals surface area (Å²) in [5, 5.41) is 3.57. The van der Waals surface area contributed by atoms with Crippen LogP contribution in [-0.4, -0.2) is 30.5 Å². The zero-order chi connectivity index (χ0) is 10.9. The molecule has 0 aromatic heterocycles. The van der Waals surface area contributed by atoms with Crippen molar-refractivity contribution in [3.63, 3.8) is 0 Å². The zero-order valence-corrected chi connectivity index (χ0v) is 9.27. The Balaban J connectivity index is 2.04. The van der Waals surface area contributed by atoms with E-state index in [0.717, 1.165) is 25.9 Å². The quantitative estimate of drug-likeness (QED) is 0.400. The van der Waals surface area contributed by atoms with E-state index in [1.165, 1.54) is 0 Å². The Labute approximate surface area is 89.4 Å². The second-order valence-corrected chi connectivity index (χ2v) is 4.80. The summed E-state index contributed by atoms with van der Waals surface area (Å²) in [6.45, 7) is 5.36. The molecular formula is C10H17N3O2. The zero-order valence-electron chi connectivity index (χ0n) is 9.27. The summed E-state index contributed by atoms with van der Waals surface area (Å²) in [6.07, 6.45) is 2.99. The Morgan fingerprint density at radius 3 is 2.87 bits per heavy atom. The summed E-state index contributed by atoms with van der Waals surface area (Å²) in [5.41, 5.74) is 7.90. The van der Waals surface area contributed by atoms with Gasteiger partial charge in [0.2, 0.25) is 0 Å². The molecule has 0 N–H and O–H groups in total. The van der Waals surface area contributed by atoms with Crippen LogP contribution in [0.1, 0.15) is 33.1 Å². The number of hydrogen-bond donors (Lipinski definition) is 0. The summed E-state index contributed by atoms with van der Waals surface area (Å²) in [5.74, 6) is 0. The Bertz CT molecular complexity index is 299. The molecule has 2 aliphatic rings. The lowest BCUT2D eigenvalue weighted by Gasteiger charge is -2.36. The van der Waals surface area contributed by atoms with Crippen LogP contribution in [0.3, 0.4) is 0 Å². The third-order valence-corrected chi connectivity index (χ3v) is 3.68. The lowest BCUT2D eigenvalue weighted by Crippen LogP contribution is -2.46. The molecule has 2 saturated heterocycles. The van der Waals surface area contributed by atoms with E-state index in [-0.39, 0.29) is 17.3 Å². The van der Waals surface area contributed by atoms with Crippen LogP contribution in [0.25, 0.3) is 10.4 Å². The van der Waals surface area contributed by atoms with E-state index in [4.69, 9.17) is 15.0 Å². The van der Waals surface area contributed by atoms with Crippen LogP contribution in [0.15, 0.2) is 5.11 Å². The Morgan fingerprint density at radius 2 is 2.27 bits per heavy atom. The largest absolute Gasteiger partial charge is 0.372 e. The third-order valence-electron chi connectivity index (χ3n) is 3.68. The first kappa shape index (κ1) is 10.7. The van der Waals surface area contributed by atoms with Crippen molar-refractivity contribution in [2.24, 2.45) is 5.11 Å². The number of azide groups is 1. The highest BCUT2D eigenvalue weighted by molar-refractivity contribution is 5.05. The molecule has 2 heterocycles. The van der Waals surface area contributed by atoms with Gasteiger partial charge in [-0.15, -0.1) is 0 Å². The highest BCUT2D eigenvalue weighted by Gasteiger charge is 2.55. The van der Waals surface area contributed by atoms with Gasteiger partial charge in [-0.05, 0) is 32.2 Å². The molecule has 15 heavy (non-hydrogen) atoms. The molecule has 0 radical (unpaired) electrons. The molecule has 0 aromatic rings. The van der Waals surface area contributed by atoms with Crippen LogP contribution in [0.2, 0.25) is 0 Å². The van der Waals surface area contributed by atoms with Gasteiger partial charge in [0.25, 0.3) is 0 Å².